The summed E-state index contributed by atoms with van der Waals surface area (Å²) >= 11 is 0. The average molecular weight is 636 g/mol. The SMILES string of the molecule is Cc1cc(Nc2nccn3c(-c4ccc(OC(F)F)cc4)cnc23)ccc1C(=O)N1CCN(C(=O)C(N)CCCNC(N)=O)CC1. The van der Waals surface area contributed by atoms with Crippen molar-refractivity contribution in [1.82, 2.24) is 29.5 Å². The van der Waals surface area contributed by atoms with Crippen LogP contribution < -0.4 is 26.8 Å². The summed E-state index contributed by atoms with van der Waals surface area (Å²) in [5.74, 6) is 0.257. The summed E-state index contributed by atoms with van der Waals surface area (Å²) in [7, 11) is 0. The lowest BCUT2D eigenvalue weighted by Crippen LogP contribution is -2.54. The van der Waals surface area contributed by atoms with E-state index in [-0.39, 0.29) is 17.6 Å². The van der Waals surface area contributed by atoms with Crippen LogP contribution in [0.1, 0.15) is 28.8 Å². The number of urea groups is 1. The summed E-state index contributed by atoms with van der Waals surface area (Å²) in [6.07, 6.45) is 6.00. The van der Waals surface area contributed by atoms with Crippen LogP contribution in [-0.4, -0.2) is 87.4 Å². The number of imidazole rings is 1. The maximum absolute atomic E-state index is 13.4. The molecule has 4 amide bonds. The second kappa shape index (κ2) is 14.2. The lowest BCUT2D eigenvalue weighted by Gasteiger charge is -2.36. The molecular weight excluding hydrogens is 600 g/mol. The molecule has 0 bridgehead atoms. The Hall–Kier alpha value is -5.31. The highest BCUT2D eigenvalue weighted by Gasteiger charge is 2.28. The number of carbonyl (C=O) groups is 3. The smallest absolute Gasteiger partial charge is 0.387 e. The van der Waals surface area contributed by atoms with Crippen molar-refractivity contribution in [3.05, 3.63) is 72.2 Å². The van der Waals surface area contributed by atoms with Crippen molar-refractivity contribution < 1.29 is 27.9 Å². The van der Waals surface area contributed by atoms with Crippen molar-refractivity contribution in [3.63, 3.8) is 0 Å². The molecular formula is C31H35F2N9O4. The second-order valence-electron chi connectivity index (χ2n) is 10.8. The van der Waals surface area contributed by atoms with Gasteiger partial charge in [-0.3, -0.25) is 14.0 Å². The van der Waals surface area contributed by atoms with Crippen molar-refractivity contribution in [2.45, 2.75) is 32.4 Å². The van der Waals surface area contributed by atoms with Gasteiger partial charge in [0.1, 0.15) is 5.75 Å². The first-order valence-corrected chi connectivity index (χ1v) is 14.7. The van der Waals surface area contributed by atoms with Gasteiger partial charge in [0.15, 0.2) is 11.5 Å². The molecule has 46 heavy (non-hydrogen) atoms. The fourth-order valence-electron chi connectivity index (χ4n) is 5.34. The zero-order chi connectivity index (χ0) is 32.8. The summed E-state index contributed by atoms with van der Waals surface area (Å²) in [6.45, 7) is 0.840. The number of alkyl halides is 2. The average Bonchev–Trinajstić information content (AvgIpc) is 3.48. The van der Waals surface area contributed by atoms with Gasteiger partial charge >= 0.3 is 12.6 Å². The Labute approximate surface area is 263 Å². The minimum atomic E-state index is -2.90. The minimum absolute atomic E-state index is 0.0654. The standard InChI is InChI=1S/C31H35F2N9O4/c1-19-17-21(39-26-27-38-18-25(42(27)12-11-36-26)20-4-7-22(8-5-20)46-30(32)33)6-9-23(19)28(43)40-13-15-41(16-14-40)29(44)24(34)3-2-10-37-31(35)45/h4-9,11-12,17-18,24,30H,2-3,10,13-16,34H2,1H3,(H,36,39)(H3,35,37,45). The van der Waals surface area contributed by atoms with Gasteiger partial charge in [-0.1, -0.05) is 0 Å². The Bertz CT molecular complexity index is 1710. The maximum atomic E-state index is 13.4. The van der Waals surface area contributed by atoms with Crippen LogP contribution in [0.15, 0.2) is 61.1 Å². The fraction of sp³-hybridized carbons (Fsp3) is 0.323. The van der Waals surface area contributed by atoms with Gasteiger partial charge in [-0.25, -0.2) is 14.8 Å². The Morgan fingerprint density at radius 2 is 1.74 bits per heavy atom. The van der Waals surface area contributed by atoms with E-state index >= 15 is 0 Å². The summed E-state index contributed by atoms with van der Waals surface area (Å²) < 4.78 is 31.3. The number of primary amides is 1. The molecule has 1 atom stereocenters. The van der Waals surface area contributed by atoms with E-state index in [9.17, 15) is 23.2 Å². The second-order valence-corrected chi connectivity index (χ2v) is 10.8. The number of hydrogen-bond acceptors (Lipinski definition) is 8. The van der Waals surface area contributed by atoms with Crippen LogP contribution in [0.3, 0.4) is 0 Å². The van der Waals surface area contributed by atoms with Gasteiger partial charge in [0.25, 0.3) is 5.91 Å². The first-order chi connectivity index (χ1) is 22.1. The molecule has 0 radical (unpaired) electrons. The predicted molar refractivity (Wildman–Crippen MR) is 167 cm³/mol. The first kappa shape index (κ1) is 32.1. The van der Waals surface area contributed by atoms with Crippen LogP contribution in [0.4, 0.5) is 25.1 Å². The van der Waals surface area contributed by atoms with E-state index < -0.39 is 18.7 Å². The van der Waals surface area contributed by atoms with Crippen LogP contribution in [0.5, 0.6) is 5.75 Å². The molecule has 0 saturated carbocycles. The van der Waals surface area contributed by atoms with Gasteiger partial charge < -0.3 is 36.6 Å². The van der Waals surface area contributed by atoms with Crippen LogP contribution >= 0.6 is 0 Å². The third-order valence-electron chi connectivity index (χ3n) is 7.71. The van der Waals surface area contributed by atoms with E-state index in [1.807, 2.05) is 17.4 Å². The number of nitrogens with one attached hydrogen (secondary N) is 2. The monoisotopic (exact) mass is 635 g/mol. The van der Waals surface area contributed by atoms with Crippen molar-refractivity contribution in [1.29, 1.82) is 0 Å². The number of amides is 4. The molecule has 5 rings (SSSR count). The molecule has 1 aliphatic rings. The van der Waals surface area contributed by atoms with Crippen LogP contribution in [0.25, 0.3) is 16.9 Å². The number of carbonyl (C=O) groups excluding carboxylic acids is 3. The largest absolute Gasteiger partial charge is 0.435 e. The number of nitrogens with two attached hydrogens (primary N) is 2. The van der Waals surface area contributed by atoms with E-state index in [1.165, 1.54) is 12.1 Å². The number of benzene rings is 2. The molecule has 2 aromatic carbocycles. The molecule has 0 spiro atoms. The Kier molecular flexibility index (Phi) is 9.91. The normalized spacial score (nSPS) is 13.9. The van der Waals surface area contributed by atoms with Gasteiger partial charge in [0.2, 0.25) is 5.91 Å². The molecule has 13 nitrogen and oxygen atoms in total. The summed E-state index contributed by atoms with van der Waals surface area (Å²) in [6, 6.07) is 10.4. The molecule has 6 N–H and O–H groups in total. The molecule has 1 aliphatic heterocycles. The number of aromatic nitrogens is 3. The van der Waals surface area contributed by atoms with Crippen molar-refractivity contribution in [2.75, 3.05) is 38.0 Å². The zero-order valence-electron chi connectivity index (χ0n) is 25.2. The summed E-state index contributed by atoms with van der Waals surface area (Å²) in [4.78, 5) is 49.3. The van der Waals surface area contributed by atoms with Crippen molar-refractivity contribution in [2.24, 2.45) is 11.5 Å². The molecule has 3 heterocycles. The topological polar surface area (TPSA) is 173 Å². The molecule has 0 aliphatic carbocycles. The number of rotatable bonds is 11. The van der Waals surface area contributed by atoms with Crippen molar-refractivity contribution >= 4 is 35.0 Å². The number of hydrogen-bond donors (Lipinski definition) is 4. The lowest BCUT2D eigenvalue weighted by molar-refractivity contribution is -0.134. The predicted octanol–water partition coefficient (Wildman–Crippen LogP) is 3.11. The number of halogens is 2. The zero-order valence-corrected chi connectivity index (χ0v) is 25.2. The number of aryl methyl sites for hydroxylation is 1. The van der Waals surface area contributed by atoms with Gasteiger partial charge in [0.05, 0.1) is 17.9 Å². The highest BCUT2D eigenvalue weighted by molar-refractivity contribution is 5.96. The lowest BCUT2D eigenvalue weighted by atomic mass is 10.1. The number of fused-ring (bicyclic) bond motifs is 1. The molecule has 242 valence electrons. The maximum Gasteiger partial charge on any atom is 0.387 e. The van der Waals surface area contributed by atoms with Crippen LogP contribution in [0, 0.1) is 6.92 Å². The minimum Gasteiger partial charge on any atom is -0.435 e. The molecule has 2 aromatic heterocycles. The Balaban J connectivity index is 1.20. The van der Waals surface area contributed by atoms with Gasteiger partial charge in [0, 0.05) is 61.9 Å². The van der Waals surface area contributed by atoms with Gasteiger partial charge in [-0.2, -0.15) is 8.78 Å². The highest BCUT2D eigenvalue weighted by Crippen LogP contribution is 2.28. The third kappa shape index (κ3) is 7.48. The summed E-state index contributed by atoms with van der Waals surface area (Å²) in [5.41, 5.74) is 15.2. The fourth-order valence-corrected chi connectivity index (χ4v) is 5.34. The molecule has 1 unspecified atom stereocenters. The first-order valence-electron chi connectivity index (χ1n) is 14.7. The van der Waals surface area contributed by atoms with E-state index in [4.69, 9.17) is 11.5 Å². The highest BCUT2D eigenvalue weighted by atomic mass is 19.3. The quantitative estimate of drug-likeness (QED) is 0.182. The van der Waals surface area contributed by atoms with Crippen molar-refractivity contribution in [3.8, 4) is 17.0 Å². The Morgan fingerprint density at radius 3 is 2.41 bits per heavy atom. The molecule has 15 heteroatoms. The van der Waals surface area contributed by atoms with E-state index in [2.05, 4.69) is 25.3 Å². The number of nitrogens with zero attached hydrogens (tertiary/aromatic N) is 5. The number of anilines is 2. The van der Waals surface area contributed by atoms with E-state index in [1.54, 1.807) is 52.7 Å². The van der Waals surface area contributed by atoms with Crippen LogP contribution in [-0.2, 0) is 4.79 Å². The van der Waals surface area contributed by atoms with Crippen LogP contribution in [0.2, 0.25) is 0 Å². The summed E-state index contributed by atoms with van der Waals surface area (Å²) in [5, 5.41) is 5.75. The van der Waals surface area contributed by atoms with Gasteiger partial charge in [-0.15, -0.1) is 0 Å². The Morgan fingerprint density at radius 1 is 1.02 bits per heavy atom. The number of ether oxygens (including phenoxy) is 1. The molecule has 1 fully saturated rings. The van der Waals surface area contributed by atoms with E-state index in [0.29, 0.717) is 68.3 Å². The third-order valence-corrected chi connectivity index (χ3v) is 7.71. The van der Waals surface area contributed by atoms with E-state index in [0.717, 1.165) is 16.8 Å². The molecule has 1 saturated heterocycles. The molecule has 4 aromatic rings. The van der Waals surface area contributed by atoms with Gasteiger partial charge in [-0.05, 0) is 67.8 Å². The number of piperazine rings is 1.